The number of carbonyl (C=O) groups is 2. The molecule has 1 aliphatic heterocycles. The number of carbonyl (C=O) groups excluding carboxylic acids is 2. The van der Waals surface area contributed by atoms with Crippen molar-refractivity contribution in [2.45, 2.75) is 5.92 Å². The van der Waals surface area contributed by atoms with Gasteiger partial charge in [0.2, 0.25) is 11.8 Å². The largest absolute Gasteiger partial charge is 0.325 e. The molecule has 28 heavy (non-hydrogen) atoms. The van der Waals surface area contributed by atoms with Gasteiger partial charge in [-0.2, -0.15) is 0 Å². The van der Waals surface area contributed by atoms with E-state index in [1.807, 2.05) is 42.5 Å². The van der Waals surface area contributed by atoms with Gasteiger partial charge < -0.3 is 10.6 Å². The van der Waals surface area contributed by atoms with Gasteiger partial charge in [0.05, 0.1) is 10.0 Å². The molecule has 3 aromatic rings. The van der Waals surface area contributed by atoms with Gasteiger partial charge in [-0.3, -0.25) is 9.59 Å². The first kappa shape index (κ1) is 18.5. The van der Waals surface area contributed by atoms with E-state index in [9.17, 15) is 9.59 Å². The fourth-order valence-electron chi connectivity index (χ4n) is 3.51. The lowest BCUT2D eigenvalue weighted by atomic mass is 9.76. The van der Waals surface area contributed by atoms with E-state index in [1.54, 1.807) is 30.3 Å². The highest BCUT2D eigenvalue weighted by atomic mass is 35.5. The van der Waals surface area contributed by atoms with Crippen LogP contribution in [0, 0.1) is 5.92 Å². The summed E-state index contributed by atoms with van der Waals surface area (Å²) < 4.78 is 0. The predicted molar refractivity (Wildman–Crippen MR) is 112 cm³/mol. The molecule has 0 saturated carbocycles. The van der Waals surface area contributed by atoms with Crippen LogP contribution >= 0.6 is 23.2 Å². The van der Waals surface area contributed by atoms with Crippen LogP contribution in [0.25, 0.3) is 0 Å². The molecule has 0 spiro atoms. The molecule has 3 aromatic carbocycles. The number of fused-ring (bicyclic) bond motifs is 1. The van der Waals surface area contributed by atoms with Crippen molar-refractivity contribution in [1.82, 2.24) is 0 Å². The Labute approximate surface area is 172 Å². The Morgan fingerprint density at radius 1 is 0.893 bits per heavy atom. The lowest BCUT2D eigenvalue weighted by molar-refractivity contribution is -0.130. The van der Waals surface area contributed by atoms with E-state index >= 15 is 0 Å². The number of hydrogen-bond acceptors (Lipinski definition) is 2. The summed E-state index contributed by atoms with van der Waals surface area (Å²) in [5.41, 5.74) is 2.93. The van der Waals surface area contributed by atoms with Crippen molar-refractivity contribution in [2.75, 3.05) is 10.6 Å². The SMILES string of the molecule is O=C(Nc1ccccc1)[C@H]1C(=O)Nc2ccccc2[C@@H]1c1ccc(Cl)c(Cl)c1. The van der Waals surface area contributed by atoms with Crippen LogP contribution in [0.5, 0.6) is 0 Å². The molecule has 4 rings (SSSR count). The number of nitrogens with one attached hydrogen (secondary N) is 2. The van der Waals surface area contributed by atoms with Crippen LogP contribution < -0.4 is 10.6 Å². The van der Waals surface area contributed by atoms with Crippen molar-refractivity contribution in [3.8, 4) is 0 Å². The highest BCUT2D eigenvalue weighted by Crippen LogP contribution is 2.42. The van der Waals surface area contributed by atoms with E-state index in [-0.39, 0.29) is 11.8 Å². The number of benzene rings is 3. The molecule has 4 nitrogen and oxygen atoms in total. The lowest BCUT2D eigenvalue weighted by Crippen LogP contribution is -2.42. The summed E-state index contributed by atoms with van der Waals surface area (Å²) in [5, 5.41) is 6.48. The van der Waals surface area contributed by atoms with Gasteiger partial charge in [0, 0.05) is 17.3 Å². The van der Waals surface area contributed by atoms with Gasteiger partial charge in [-0.15, -0.1) is 0 Å². The van der Waals surface area contributed by atoms with Crippen molar-refractivity contribution in [1.29, 1.82) is 0 Å². The first-order chi connectivity index (χ1) is 13.5. The summed E-state index contributed by atoms with van der Waals surface area (Å²) in [4.78, 5) is 26.0. The first-order valence-corrected chi connectivity index (χ1v) is 9.51. The summed E-state index contributed by atoms with van der Waals surface area (Å²) in [6.45, 7) is 0. The van der Waals surface area contributed by atoms with Crippen LogP contribution in [0.3, 0.4) is 0 Å². The normalized spacial score (nSPS) is 18.1. The van der Waals surface area contributed by atoms with Crippen molar-refractivity contribution in [2.24, 2.45) is 5.92 Å². The standard InChI is InChI=1S/C22H16Cl2N2O2/c23-16-11-10-13(12-17(16)24)19-15-8-4-5-9-18(15)26-22(28)20(19)21(27)25-14-6-2-1-3-7-14/h1-12,19-20H,(H,25,27)(H,26,28)/t19-,20-/m0/s1. The minimum atomic E-state index is -0.952. The summed E-state index contributed by atoms with van der Waals surface area (Å²) in [5.74, 6) is -2.17. The molecule has 0 unspecified atom stereocenters. The van der Waals surface area contributed by atoms with E-state index in [0.717, 1.165) is 11.1 Å². The van der Waals surface area contributed by atoms with Crippen LogP contribution in [0.4, 0.5) is 11.4 Å². The minimum absolute atomic E-state index is 0.358. The average molecular weight is 411 g/mol. The average Bonchev–Trinajstić information content (AvgIpc) is 2.69. The van der Waals surface area contributed by atoms with Crippen molar-refractivity contribution >= 4 is 46.4 Å². The molecule has 1 heterocycles. The molecule has 2 N–H and O–H groups in total. The summed E-state index contributed by atoms with van der Waals surface area (Å²) in [6.07, 6.45) is 0. The highest BCUT2D eigenvalue weighted by molar-refractivity contribution is 6.42. The van der Waals surface area contributed by atoms with Gasteiger partial charge in [0.15, 0.2) is 0 Å². The predicted octanol–water partition coefficient (Wildman–Crippen LogP) is 5.33. The Morgan fingerprint density at radius 2 is 1.61 bits per heavy atom. The number of hydrogen-bond donors (Lipinski definition) is 2. The molecule has 2 atom stereocenters. The van der Waals surface area contributed by atoms with Crippen LogP contribution in [0.2, 0.25) is 10.0 Å². The fourth-order valence-corrected chi connectivity index (χ4v) is 3.82. The van der Waals surface area contributed by atoms with Crippen molar-refractivity contribution in [3.63, 3.8) is 0 Å². The molecule has 0 aromatic heterocycles. The fraction of sp³-hybridized carbons (Fsp3) is 0.0909. The maximum absolute atomic E-state index is 13.1. The monoisotopic (exact) mass is 410 g/mol. The van der Waals surface area contributed by atoms with Crippen molar-refractivity contribution in [3.05, 3.63) is 94.0 Å². The quantitative estimate of drug-likeness (QED) is 0.573. The van der Waals surface area contributed by atoms with E-state index < -0.39 is 11.8 Å². The van der Waals surface area contributed by atoms with Crippen molar-refractivity contribution < 1.29 is 9.59 Å². The van der Waals surface area contributed by atoms with E-state index in [2.05, 4.69) is 10.6 Å². The zero-order valence-electron chi connectivity index (χ0n) is 14.7. The van der Waals surface area contributed by atoms with Gasteiger partial charge in [0.1, 0.15) is 5.92 Å². The molecule has 6 heteroatoms. The van der Waals surface area contributed by atoms with Gasteiger partial charge in [-0.05, 0) is 41.5 Å². The maximum Gasteiger partial charge on any atom is 0.237 e. The molecule has 0 aliphatic carbocycles. The van der Waals surface area contributed by atoms with E-state index in [0.29, 0.717) is 21.4 Å². The van der Waals surface area contributed by atoms with E-state index in [4.69, 9.17) is 23.2 Å². The molecule has 0 radical (unpaired) electrons. The third-order valence-corrected chi connectivity index (χ3v) is 5.54. The number of rotatable bonds is 3. The second-order valence-corrected chi connectivity index (χ2v) is 7.38. The Hall–Kier alpha value is -2.82. The Bertz CT molecular complexity index is 1050. The number of halogens is 2. The third-order valence-electron chi connectivity index (χ3n) is 4.80. The smallest absolute Gasteiger partial charge is 0.237 e. The number of para-hydroxylation sites is 2. The maximum atomic E-state index is 13.1. The van der Waals surface area contributed by atoms with Crippen LogP contribution in [0.15, 0.2) is 72.8 Å². The highest BCUT2D eigenvalue weighted by Gasteiger charge is 2.41. The molecule has 0 saturated heterocycles. The molecular formula is C22H16Cl2N2O2. The van der Waals surface area contributed by atoms with E-state index in [1.165, 1.54) is 0 Å². The van der Waals surface area contributed by atoms with Gasteiger partial charge >= 0.3 is 0 Å². The zero-order chi connectivity index (χ0) is 19.7. The topological polar surface area (TPSA) is 58.2 Å². The molecular weight excluding hydrogens is 395 g/mol. The molecule has 0 fully saturated rings. The first-order valence-electron chi connectivity index (χ1n) is 8.75. The van der Waals surface area contributed by atoms with Crippen LogP contribution in [0.1, 0.15) is 17.0 Å². The Morgan fingerprint density at radius 3 is 2.36 bits per heavy atom. The zero-order valence-corrected chi connectivity index (χ0v) is 16.2. The summed E-state index contributed by atoms with van der Waals surface area (Å²) >= 11 is 12.3. The second kappa shape index (κ2) is 7.66. The molecule has 140 valence electrons. The Balaban J connectivity index is 1.79. The van der Waals surface area contributed by atoms with Crippen LogP contribution in [-0.2, 0) is 9.59 Å². The third kappa shape index (κ3) is 3.49. The molecule has 1 aliphatic rings. The van der Waals surface area contributed by atoms with Gasteiger partial charge in [-0.1, -0.05) is 65.7 Å². The second-order valence-electron chi connectivity index (χ2n) is 6.56. The lowest BCUT2D eigenvalue weighted by Gasteiger charge is -2.32. The summed E-state index contributed by atoms with van der Waals surface area (Å²) in [6, 6.07) is 21.7. The number of anilines is 2. The van der Waals surface area contributed by atoms with Gasteiger partial charge in [0.25, 0.3) is 0 Å². The Kier molecular flexibility index (Phi) is 5.07. The molecule has 2 amide bonds. The van der Waals surface area contributed by atoms with Crippen LogP contribution in [-0.4, -0.2) is 11.8 Å². The summed E-state index contributed by atoms with van der Waals surface area (Å²) in [7, 11) is 0. The minimum Gasteiger partial charge on any atom is -0.325 e. The molecule has 0 bridgehead atoms. The van der Waals surface area contributed by atoms with Gasteiger partial charge in [-0.25, -0.2) is 0 Å². The number of amides is 2.